The number of nitrogens with two attached hydrogens (primary N) is 2. The highest BCUT2D eigenvalue weighted by molar-refractivity contribution is 6.30. The lowest BCUT2D eigenvalue weighted by atomic mass is 10.3. The summed E-state index contributed by atoms with van der Waals surface area (Å²) in [7, 11) is 0. The first-order chi connectivity index (χ1) is 8.49. The second kappa shape index (κ2) is 6.18. The zero-order valence-electron chi connectivity index (χ0n) is 9.81. The van der Waals surface area contributed by atoms with Gasteiger partial charge >= 0.3 is 5.69 Å². The Balaban J connectivity index is 3.22. The fourth-order valence-corrected chi connectivity index (χ4v) is 1.59. The smallest absolute Gasteiger partial charge is 0.334 e. The van der Waals surface area contributed by atoms with Crippen LogP contribution in [-0.2, 0) is 0 Å². The summed E-state index contributed by atoms with van der Waals surface area (Å²) in [4.78, 5) is 14.2. The van der Waals surface area contributed by atoms with Gasteiger partial charge < -0.3 is 16.8 Å². The standard InChI is InChI=1S/C10H14ClN5O2/c1-2-3-6(5-12)14-10-9(16(17)18)7(13)4-8(11)15-10/h3-4H,2,5,12H2,1H3,(H3,13,14,15)/b6-3+. The first-order valence-corrected chi connectivity index (χ1v) is 5.63. The minimum Gasteiger partial charge on any atom is -0.393 e. The van der Waals surface area contributed by atoms with E-state index in [9.17, 15) is 10.1 Å². The number of aromatic nitrogens is 1. The third kappa shape index (κ3) is 3.31. The lowest BCUT2D eigenvalue weighted by Gasteiger charge is -2.10. The summed E-state index contributed by atoms with van der Waals surface area (Å²) in [5, 5.41) is 13.8. The molecule has 1 aromatic heterocycles. The number of hydrogen-bond donors (Lipinski definition) is 3. The molecule has 0 aliphatic rings. The minimum atomic E-state index is -0.610. The maximum Gasteiger partial charge on any atom is 0.334 e. The minimum absolute atomic E-state index is 0.00449. The van der Waals surface area contributed by atoms with Crippen molar-refractivity contribution >= 4 is 28.8 Å². The molecule has 0 radical (unpaired) electrons. The van der Waals surface area contributed by atoms with E-state index >= 15 is 0 Å². The van der Waals surface area contributed by atoms with Gasteiger partial charge in [-0.1, -0.05) is 24.6 Å². The van der Waals surface area contributed by atoms with Crippen LogP contribution >= 0.6 is 11.6 Å². The fraction of sp³-hybridized carbons (Fsp3) is 0.300. The Kier molecular flexibility index (Phi) is 4.87. The monoisotopic (exact) mass is 271 g/mol. The third-order valence-electron chi connectivity index (χ3n) is 2.12. The van der Waals surface area contributed by atoms with Crippen LogP contribution in [0.25, 0.3) is 0 Å². The van der Waals surface area contributed by atoms with E-state index in [-0.39, 0.29) is 28.9 Å². The van der Waals surface area contributed by atoms with Gasteiger partial charge in [-0.05, 0) is 6.42 Å². The lowest BCUT2D eigenvalue weighted by Crippen LogP contribution is -2.14. The summed E-state index contributed by atoms with van der Waals surface area (Å²) in [5.41, 5.74) is 11.3. The highest BCUT2D eigenvalue weighted by Gasteiger charge is 2.21. The van der Waals surface area contributed by atoms with Crippen molar-refractivity contribution in [3.8, 4) is 0 Å². The Morgan fingerprint density at radius 3 is 2.89 bits per heavy atom. The van der Waals surface area contributed by atoms with Crippen molar-refractivity contribution in [3.63, 3.8) is 0 Å². The van der Waals surface area contributed by atoms with Crippen LogP contribution < -0.4 is 16.8 Å². The Hall–Kier alpha value is -1.86. The molecule has 0 saturated heterocycles. The topological polar surface area (TPSA) is 120 Å². The van der Waals surface area contributed by atoms with Gasteiger partial charge in [0.2, 0.25) is 5.82 Å². The molecule has 0 amide bonds. The molecule has 98 valence electrons. The van der Waals surface area contributed by atoms with Gasteiger partial charge in [-0.3, -0.25) is 10.1 Å². The summed E-state index contributed by atoms with van der Waals surface area (Å²) < 4.78 is 0. The highest BCUT2D eigenvalue weighted by atomic mass is 35.5. The van der Waals surface area contributed by atoms with Crippen molar-refractivity contribution in [2.45, 2.75) is 13.3 Å². The average molecular weight is 272 g/mol. The molecule has 1 aromatic rings. The van der Waals surface area contributed by atoms with Gasteiger partial charge in [-0.2, -0.15) is 0 Å². The molecular formula is C10H14ClN5O2. The van der Waals surface area contributed by atoms with Crippen molar-refractivity contribution in [1.29, 1.82) is 0 Å². The van der Waals surface area contributed by atoms with Crippen LogP contribution in [0, 0.1) is 10.1 Å². The van der Waals surface area contributed by atoms with E-state index in [2.05, 4.69) is 10.3 Å². The van der Waals surface area contributed by atoms with Crippen molar-refractivity contribution in [1.82, 2.24) is 4.98 Å². The molecule has 0 bridgehead atoms. The van der Waals surface area contributed by atoms with Gasteiger partial charge in [0.1, 0.15) is 10.8 Å². The van der Waals surface area contributed by atoms with E-state index in [1.165, 1.54) is 6.07 Å². The van der Waals surface area contributed by atoms with Crippen LogP contribution in [0.5, 0.6) is 0 Å². The molecule has 5 N–H and O–H groups in total. The van der Waals surface area contributed by atoms with Crippen molar-refractivity contribution in [3.05, 3.63) is 33.1 Å². The van der Waals surface area contributed by atoms with Crippen LogP contribution in [0.2, 0.25) is 5.15 Å². The molecule has 0 saturated carbocycles. The third-order valence-corrected chi connectivity index (χ3v) is 2.32. The van der Waals surface area contributed by atoms with E-state index < -0.39 is 4.92 Å². The summed E-state index contributed by atoms with van der Waals surface area (Å²) >= 11 is 5.73. The number of pyridine rings is 1. The number of nitrogen functional groups attached to an aromatic ring is 1. The van der Waals surface area contributed by atoms with Crippen LogP contribution in [0.3, 0.4) is 0 Å². The number of halogens is 1. The van der Waals surface area contributed by atoms with Crippen LogP contribution in [-0.4, -0.2) is 16.5 Å². The SMILES string of the molecule is CC/C=C(\CN)Nc1nc(Cl)cc(N)c1[N+](=O)[O-]. The molecule has 0 fully saturated rings. The predicted molar refractivity (Wildman–Crippen MR) is 71.4 cm³/mol. The number of nitro groups is 1. The first kappa shape index (κ1) is 14.2. The normalized spacial score (nSPS) is 11.4. The highest BCUT2D eigenvalue weighted by Crippen LogP contribution is 2.32. The van der Waals surface area contributed by atoms with E-state index in [4.69, 9.17) is 23.1 Å². The number of hydrogen-bond acceptors (Lipinski definition) is 6. The maximum absolute atomic E-state index is 10.9. The summed E-state index contributed by atoms with van der Waals surface area (Å²) in [6.45, 7) is 2.13. The van der Waals surface area contributed by atoms with Gasteiger partial charge in [-0.25, -0.2) is 4.98 Å². The summed E-state index contributed by atoms with van der Waals surface area (Å²) in [6.07, 6.45) is 2.55. The molecule has 1 heterocycles. The number of allylic oxidation sites excluding steroid dienone is 1. The van der Waals surface area contributed by atoms with Gasteiger partial charge in [-0.15, -0.1) is 0 Å². The Bertz CT molecular complexity index is 489. The Morgan fingerprint density at radius 1 is 1.72 bits per heavy atom. The quantitative estimate of drug-likeness (QED) is 0.427. The van der Waals surface area contributed by atoms with Gasteiger partial charge in [0.15, 0.2) is 0 Å². The molecule has 0 unspecified atom stereocenters. The van der Waals surface area contributed by atoms with E-state index in [0.29, 0.717) is 5.70 Å². The number of rotatable bonds is 5. The Labute approximate surface area is 109 Å². The van der Waals surface area contributed by atoms with Gasteiger partial charge in [0.25, 0.3) is 0 Å². The van der Waals surface area contributed by atoms with Crippen molar-refractivity contribution in [2.75, 3.05) is 17.6 Å². The fourth-order valence-electron chi connectivity index (χ4n) is 1.39. The molecular weight excluding hydrogens is 258 g/mol. The second-order valence-electron chi connectivity index (χ2n) is 3.46. The summed E-state index contributed by atoms with van der Waals surface area (Å²) in [5.74, 6) is -0.00449. The van der Waals surface area contributed by atoms with Crippen molar-refractivity contribution < 1.29 is 4.92 Å². The van der Waals surface area contributed by atoms with Crippen LogP contribution in [0.4, 0.5) is 17.2 Å². The molecule has 1 rings (SSSR count). The first-order valence-electron chi connectivity index (χ1n) is 5.26. The largest absolute Gasteiger partial charge is 0.393 e. The van der Waals surface area contributed by atoms with Crippen molar-refractivity contribution in [2.24, 2.45) is 5.73 Å². The Morgan fingerprint density at radius 2 is 2.39 bits per heavy atom. The van der Waals surface area contributed by atoms with Gasteiger partial charge in [0.05, 0.1) is 4.92 Å². The molecule has 0 spiro atoms. The molecule has 8 heteroatoms. The van der Waals surface area contributed by atoms with E-state index in [1.807, 2.05) is 13.0 Å². The number of nitrogens with one attached hydrogen (secondary N) is 1. The molecule has 7 nitrogen and oxygen atoms in total. The molecule has 0 atom stereocenters. The van der Waals surface area contributed by atoms with E-state index in [1.54, 1.807) is 0 Å². The van der Waals surface area contributed by atoms with Crippen LogP contribution in [0.1, 0.15) is 13.3 Å². The molecule has 0 aromatic carbocycles. The molecule has 18 heavy (non-hydrogen) atoms. The summed E-state index contributed by atoms with van der Waals surface area (Å²) in [6, 6.07) is 1.23. The average Bonchev–Trinajstić information content (AvgIpc) is 2.26. The second-order valence-corrected chi connectivity index (χ2v) is 3.84. The number of nitrogens with zero attached hydrogens (tertiary/aromatic N) is 2. The lowest BCUT2D eigenvalue weighted by molar-refractivity contribution is -0.383. The predicted octanol–water partition coefficient (Wildman–Crippen LogP) is 1.89. The zero-order chi connectivity index (χ0) is 13.7. The van der Waals surface area contributed by atoms with Crippen LogP contribution in [0.15, 0.2) is 17.8 Å². The van der Waals surface area contributed by atoms with E-state index in [0.717, 1.165) is 6.42 Å². The molecule has 0 aliphatic heterocycles. The number of anilines is 2. The van der Waals surface area contributed by atoms with Gasteiger partial charge in [0, 0.05) is 18.3 Å². The zero-order valence-corrected chi connectivity index (χ0v) is 10.6. The maximum atomic E-state index is 10.9. The molecule has 0 aliphatic carbocycles.